The highest BCUT2D eigenvalue weighted by atomic mass is 16.2. The van der Waals surface area contributed by atoms with E-state index in [-0.39, 0.29) is 24.3 Å². The van der Waals surface area contributed by atoms with Crippen LogP contribution in [0, 0.1) is 5.92 Å². The van der Waals surface area contributed by atoms with E-state index >= 15 is 0 Å². The molecule has 1 aromatic heterocycles. The van der Waals surface area contributed by atoms with Crippen LogP contribution >= 0.6 is 0 Å². The van der Waals surface area contributed by atoms with Crippen molar-refractivity contribution in [1.82, 2.24) is 14.9 Å². The molecule has 2 aromatic carbocycles. The van der Waals surface area contributed by atoms with Crippen molar-refractivity contribution in [3.05, 3.63) is 59.9 Å². The van der Waals surface area contributed by atoms with Crippen LogP contribution in [0.5, 0.6) is 0 Å². The lowest BCUT2D eigenvalue weighted by Gasteiger charge is -2.29. The quantitative estimate of drug-likeness (QED) is 0.492. The Labute approximate surface area is 196 Å². The molecule has 0 saturated heterocycles. The number of carbonyl (C=O) groups is 2. The smallest absolute Gasteiger partial charge is 0.246 e. The van der Waals surface area contributed by atoms with Gasteiger partial charge in [0.05, 0.1) is 11.0 Å². The highest BCUT2D eigenvalue weighted by Gasteiger charge is 2.24. The number of hydrogen-bond acceptors (Lipinski definition) is 3. The molecular formula is C27H34N4O2. The monoisotopic (exact) mass is 446 g/mol. The summed E-state index contributed by atoms with van der Waals surface area (Å²) in [6.07, 6.45) is 5.22. The van der Waals surface area contributed by atoms with Crippen molar-refractivity contribution in [2.75, 3.05) is 18.0 Å². The molecule has 2 amide bonds. The molecule has 0 atom stereocenters. The summed E-state index contributed by atoms with van der Waals surface area (Å²) in [4.78, 5) is 32.4. The van der Waals surface area contributed by atoms with Gasteiger partial charge in [0.2, 0.25) is 11.8 Å². The molecule has 0 saturated carbocycles. The second-order valence-electron chi connectivity index (χ2n) is 8.79. The molecule has 1 aliphatic rings. The Hall–Kier alpha value is -3.15. The minimum Gasteiger partial charge on any atom is -0.356 e. The first-order chi connectivity index (χ1) is 16.1. The van der Waals surface area contributed by atoms with E-state index < -0.39 is 0 Å². The van der Waals surface area contributed by atoms with Crippen molar-refractivity contribution in [1.29, 1.82) is 0 Å². The number of fused-ring (bicyclic) bond motifs is 2. The number of nitrogens with zero attached hydrogens (tertiary/aromatic N) is 3. The zero-order chi connectivity index (χ0) is 23.2. The number of benzene rings is 2. The van der Waals surface area contributed by atoms with Gasteiger partial charge in [-0.2, -0.15) is 0 Å². The number of imidazole rings is 1. The van der Waals surface area contributed by atoms with Crippen molar-refractivity contribution in [2.45, 2.75) is 58.9 Å². The summed E-state index contributed by atoms with van der Waals surface area (Å²) in [6, 6.07) is 16.2. The lowest BCUT2D eigenvalue weighted by atomic mass is 10.0. The van der Waals surface area contributed by atoms with Gasteiger partial charge < -0.3 is 14.8 Å². The molecule has 174 valence electrons. The van der Waals surface area contributed by atoms with E-state index in [0.717, 1.165) is 61.2 Å². The number of anilines is 1. The van der Waals surface area contributed by atoms with Crippen LogP contribution in [0.25, 0.3) is 11.0 Å². The van der Waals surface area contributed by atoms with E-state index in [1.807, 2.05) is 61.2 Å². The van der Waals surface area contributed by atoms with E-state index in [4.69, 9.17) is 4.98 Å². The Morgan fingerprint density at radius 3 is 2.64 bits per heavy atom. The van der Waals surface area contributed by atoms with Crippen molar-refractivity contribution in [2.24, 2.45) is 5.92 Å². The summed E-state index contributed by atoms with van der Waals surface area (Å²) in [5, 5.41) is 3.06. The lowest BCUT2D eigenvalue weighted by molar-refractivity contribution is -0.125. The molecule has 0 bridgehead atoms. The minimum atomic E-state index is 0.0830. The number of amides is 2. The van der Waals surface area contributed by atoms with Crippen LogP contribution in [-0.4, -0.2) is 34.5 Å². The molecule has 0 spiro atoms. The first-order valence-corrected chi connectivity index (χ1v) is 12.2. The number of aryl methyl sites for hydroxylation is 2. The first-order valence-electron chi connectivity index (χ1n) is 12.2. The van der Waals surface area contributed by atoms with Gasteiger partial charge in [-0.25, -0.2) is 4.98 Å². The fourth-order valence-electron chi connectivity index (χ4n) is 4.77. The van der Waals surface area contributed by atoms with Gasteiger partial charge in [-0.15, -0.1) is 0 Å². The standard InChI is InChI=1S/C27H34N4O2/c1-3-20(4-2)27(33)28-17-9-16-25-29-22-13-6-8-15-24(22)31(25)19-26(32)30-18-10-12-21-11-5-7-14-23(21)30/h5-8,11,13-15,20H,3-4,9-10,12,16-19H2,1-2H3,(H,28,33). The number of rotatable bonds is 9. The molecule has 4 rings (SSSR count). The average Bonchev–Trinajstić information content (AvgIpc) is 3.19. The van der Waals surface area contributed by atoms with Gasteiger partial charge in [0.15, 0.2) is 0 Å². The molecule has 0 radical (unpaired) electrons. The van der Waals surface area contributed by atoms with Crippen molar-refractivity contribution in [3.8, 4) is 0 Å². The van der Waals surface area contributed by atoms with Crippen LogP contribution in [0.3, 0.4) is 0 Å². The summed E-state index contributed by atoms with van der Waals surface area (Å²) in [5.41, 5.74) is 4.15. The summed E-state index contributed by atoms with van der Waals surface area (Å²) < 4.78 is 2.05. The lowest BCUT2D eigenvalue weighted by Crippen LogP contribution is -2.38. The number of para-hydroxylation sites is 3. The van der Waals surface area contributed by atoms with Crippen LogP contribution < -0.4 is 10.2 Å². The summed E-state index contributed by atoms with van der Waals surface area (Å²) >= 11 is 0. The second-order valence-corrected chi connectivity index (χ2v) is 8.79. The van der Waals surface area contributed by atoms with Gasteiger partial charge in [-0.05, 0) is 55.9 Å². The highest BCUT2D eigenvalue weighted by molar-refractivity contribution is 5.95. The Bertz CT molecular complexity index is 1120. The summed E-state index contributed by atoms with van der Waals surface area (Å²) in [5.74, 6) is 1.20. The van der Waals surface area contributed by atoms with E-state index in [2.05, 4.69) is 16.0 Å². The molecule has 0 unspecified atom stereocenters. The van der Waals surface area contributed by atoms with Crippen LogP contribution in [0.4, 0.5) is 5.69 Å². The normalized spacial score (nSPS) is 13.4. The maximum atomic E-state index is 13.4. The summed E-state index contributed by atoms with van der Waals surface area (Å²) in [6.45, 7) is 5.73. The van der Waals surface area contributed by atoms with Crippen molar-refractivity contribution >= 4 is 28.5 Å². The Kier molecular flexibility index (Phi) is 7.43. The van der Waals surface area contributed by atoms with Gasteiger partial charge in [-0.1, -0.05) is 44.2 Å². The predicted molar refractivity (Wildman–Crippen MR) is 132 cm³/mol. The fourth-order valence-corrected chi connectivity index (χ4v) is 4.77. The molecule has 0 fully saturated rings. The van der Waals surface area contributed by atoms with Gasteiger partial charge in [0.25, 0.3) is 0 Å². The zero-order valence-corrected chi connectivity index (χ0v) is 19.7. The Balaban J connectivity index is 1.48. The summed E-state index contributed by atoms with van der Waals surface area (Å²) in [7, 11) is 0. The third-order valence-corrected chi connectivity index (χ3v) is 6.67. The number of carbonyl (C=O) groups excluding carboxylic acids is 2. The van der Waals surface area contributed by atoms with Gasteiger partial charge in [0.1, 0.15) is 12.4 Å². The Morgan fingerprint density at radius 2 is 1.82 bits per heavy atom. The van der Waals surface area contributed by atoms with E-state index in [9.17, 15) is 9.59 Å². The Morgan fingerprint density at radius 1 is 1.06 bits per heavy atom. The van der Waals surface area contributed by atoms with Gasteiger partial charge in [-0.3, -0.25) is 9.59 Å². The molecular weight excluding hydrogens is 412 g/mol. The predicted octanol–water partition coefficient (Wildman–Crippen LogP) is 4.50. The van der Waals surface area contributed by atoms with Crippen molar-refractivity contribution in [3.63, 3.8) is 0 Å². The molecule has 1 aliphatic heterocycles. The molecule has 0 aliphatic carbocycles. The van der Waals surface area contributed by atoms with Gasteiger partial charge >= 0.3 is 0 Å². The third-order valence-electron chi connectivity index (χ3n) is 6.67. The maximum Gasteiger partial charge on any atom is 0.246 e. The van der Waals surface area contributed by atoms with Gasteiger partial charge in [0, 0.05) is 31.1 Å². The molecule has 1 N–H and O–H groups in total. The molecule has 6 nitrogen and oxygen atoms in total. The van der Waals surface area contributed by atoms with Crippen LogP contribution in [-0.2, 0) is 29.0 Å². The zero-order valence-electron chi connectivity index (χ0n) is 19.7. The number of aromatic nitrogens is 2. The van der Waals surface area contributed by atoms with E-state index in [1.165, 1.54) is 5.56 Å². The van der Waals surface area contributed by atoms with Crippen LogP contribution in [0.15, 0.2) is 48.5 Å². The van der Waals surface area contributed by atoms with Crippen molar-refractivity contribution < 1.29 is 9.59 Å². The minimum absolute atomic E-state index is 0.0830. The van der Waals surface area contributed by atoms with Crippen LogP contribution in [0.2, 0.25) is 0 Å². The van der Waals surface area contributed by atoms with E-state index in [1.54, 1.807) is 0 Å². The topological polar surface area (TPSA) is 67.2 Å². The van der Waals surface area contributed by atoms with Crippen LogP contribution in [0.1, 0.15) is 50.9 Å². The number of hydrogen-bond donors (Lipinski definition) is 1. The first kappa shape index (κ1) is 23.0. The molecule has 6 heteroatoms. The molecule has 2 heterocycles. The maximum absolute atomic E-state index is 13.4. The second kappa shape index (κ2) is 10.6. The van der Waals surface area contributed by atoms with E-state index in [0.29, 0.717) is 13.0 Å². The largest absolute Gasteiger partial charge is 0.356 e. The molecule has 33 heavy (non-hydrogen) atoms. The SMILES string of the molecule is CCC(CC)C(=O)NCCCc1nc2ccccc2n1CC(=O)N1CCCc2ccccc21. The third kappa shape index (κ3) is 5.10. The molecule has 3 aromatic rings. The number of nitrogens with one attached hydrogen (secondary N) is 1. The average molecular weight is 447 g/mol. The fraction of sp³-hybridized carbons (Fsp3) is 0.444. The highest BCUT2D eigenvalue weighted by Crippen LogP contribution is 2.27.